The minimum Gasteiger partial charge on any atom is -0.475 e. The molecule has 0 aliphatic rings. The van der Waals surface area contributed by atoms with Gasteiger partial charge in [-0.1, -0.05) is 27.7 Å². The Balaban J connectivity index is 2.75. The Bertz CT molecular complexity index is 547. The van der Waals surface area contributed by atoms with Gasteiger partial charge in [-0.05, 0) is 11.8 Å². The molecule has 0 aromatic carbocycles. The largest absolute Gasteiger partial charge is 0.475 e. The summed E-state index contributed by atoms with van der Waals surface area (Å²) in [4.78, 5) is 27.1. The number of aromatic nitrogens is 2. The Morgan fingerprint density at radius 3 is 2.17 bits per heavy atom. The summed E-state index contributed by atoms with van der Waals surface area (Å²) in [5, 5.41) is -1.57. The summed E-state index contributed by atoms with van der Waals surface area (Å²) in [6.07, 6.45) is 0. The maximum Gasteiger partial charge on any atom is 0.357 e. The van der Waals surface area contributed by atoms with Crippen molar-refractivity contribution < 1.29 is 23.8 Å². The van der Waals surface area contributed by atoms with Crippen LogP contribution in [0, 0.1) is 11.8 Å². The van der Waals surface area contributed by atoms with Gasteiger partial charge in [-0.3, -0.25) is 4.57 Å². The maximum absolute atomic E-state index is 12.0. The van der Waals surface area contributed by atoms with Crippen LogP contribution in [-0.2, 0) is 9.30 Å². The van der Waals surface area contributed by atoms with Gasteiger partial charge in [0.1, 0.15) is 12.4 Å². The normalized spacial score (nSPS) is 12.9. The second-order valence-corrected chi connectivity index (χ2v) is 7.58. The standard InChI is InChI=1S/C13H25N4O5P/c1-8(2)13(9(3)4,23(18,19)20)22-6-5-21-11-7-10(14)16-12(15)17-11/h7-9H,5-6H2,1-4H3,(H2,18,19,20)(H4,14,15,16,17). The summed E-state index contributed by atoms with van der Waals surface area (Å²) in [7, 11) is -4.49. The number of nitrogens with zero attached hydrogens (tertiary/aromatic N) is 2. The number of hydrogen-bond acceptors (Lipinski definition) is 7. The number of rotatable bonds is 8. The second kappa shape index (κ2) is 7.44. The van der Waals surface area contributed by atoms with Crippen molar-refractivity contribution in [2.75, 3.05) is 24.7 Å². The molecule has 1 aromatic rings. The van der Waals surface area contributed by atoms with Crippen LogP contribution in [0.1, 0.15) is 27.7 Å². The van der Waals surface area contributed by atoms with E-state index in [1.54, 1.807) is 27.7 Å². The molecular formula is C13H25N4O5P. The fourth-order valence-electron chi connectivity index (χ4n) is 2.64. The number of nitrogens with two attached hydrogens (primary N) is 2. The van der Waals surface area contributed by atoms with Crippen molar-refractivity contribution in [3.05, 3.63) is 6.07 Å². The molecule has 1 heterocycles. The highest BCUT2D eigenvalue weighted by Gasteiger charge is 2.53. The number of ether oxygens (including phenoxy) is 2. The molecule has 0 saturated heterocycles. The van der Waals surface area contributed by atoms with Gasteiger partial charge in [0, 0.05) is 6.07 Å². The van der Waals surface area contributed by atoms with Crippen LogP contribution in [0.2, 0.25) is 0 Å². The van der Waals surface area contributed by atoms with E-state index in [0.717, 1.165) is 0 Å². The van der Waals surface area contributed by atoms with E-state index in [2.05, 4.69) is 9.97 Å². The second-order valence-electron chi connectivity index (χ2n) is 5.79. The van der Waals surface area contributed by atoms with E-state index in [4.69, 9.17) is 20.9 Å². The average molecular weight is 348 g/mol. The Labute approximate surface area is 135 Å². The van der Waals surface area contributed by atoms with Crippen molar-refractivity contribution in [3.63, 3.8) is 0 Å². The van der Waals surface area contributed by atoms with Crippen LogP contribution in [0.3, 0.4) is 0 Å². The fraction of sp³-hybridized carbons (Fsp3) is 0.692. The summed E-state index contributed by atoms with van der Waals surface area (Å²) >= 11 is 0. The van der Waals surface area contributed by atoms with Crippen molar-refractivity contribution in [2.24, 2.45) is 11.8 Å². The van der Waals surface area contributed by atoms with Crippen molar-refractivity contribution in [3.8, 4) is 5.88 Å². The molecule has 1 aromatic heterocycles. The van der Waals surface area contributed by atoms with Gasteiger partial charge in [0.2, 0.25) is 11.8 Å². The molecule has 1 rings (SSSR count). The highest BCUT2D eigenvalue weighted by Crippen LogP contribution is 2.59. The molecule has 0 aliphatic carbocycles. The lowest BCUT2D eigenvalue weighted by atomic mass is 9.95. The first-order valence-electron chi connectivity index (χ1n) is 7.23. The SMILES string of the molecule is CC(C)C(OCCOc1cc(N)nc(N)n1)(C(C)C)P(=O)(O)O. The topological polar surface area (TPSA) is 154 Å². The Kier molecular flexibility index (Phi) is 6.35. The lowest BCUT2D eigenvalue weighted by Gasteiger charge is -2.41. The Hall–Kier alpha value is -1.41. The summed E-state index contributed by atoms with van der Waals surface area (Å²) < 4.78 is 22.9. The maximum atomic E-state index is 12.0. The summed E-state index contributed by atoms with van der Waals surface area (Å²) in [5.41, 5.74) is 11.0. The third kappa shape index (κ3) is 4.54. The average Bonchev–Trinajstić information content (AvgIpc) is 2.34. The fourth-order valence-corrected chi connectivity index (χ4v) is 4.25. The first-order valence-corrected chi connectivity index (χ1v) is 8.84. The summed E-state index contributed by atoms with van der Waals surface area (Å²) in [6.45, 7) is 6.87. The Morgan fingerprint density at radius 2 is 1.74 bits per heavy atom. The van der Waals surface area contributed by atoms with E-state index < -0.39 is 12.9 Å². The third-order valence-electron chi connectivity index (χ3n) is 3.52. The van der Waals surface area contributed by atoms with E-state index in [0.29, 0.717) is 0 Å². The van der Waals surface area contributed by atoms with Gasteiger partial charge in [-0.25, -0.2) is 0 Å². The molecule has 10 heteroatoms. The molecule has 0 aliphatic heterocycles. The number of nitrogen functional groups attached to an aromatic ring is 2. The highest BCUT2D eigenvalue weighted by molar-refractivity contribution is 7.53. The first kappa shape index (κ1) is 19.6. The first-order chi connectivity index (χ1) is 10.5. The monoisotopic (exact) mass is 348 g/mol. The van der Waals surface area contributed by atoms with Crippen LogP contribution in [0.25, 0.3) is 0 Å². The molecule has 0 bridgehead atoms. The summed E-state index contributed by atoms with van der Waals surface area (Å²) in [6, 6.07) is 1.40. The molecule has 0 saturated carbocycles. The predicted molar refractivity (Wildman–Crippen MR) is 86.8 cm³/mol. The quantitative estimate of drug-likeness (QED) is 0.401. The smallest absolute Gasteiger partial charge is 0.357 e. The minimum atomic E-state index is -4.49. The molecule has 9 nitrogen and oxygen atoms in total. The Morgan fingerprint density at radius 1 is 1.17 bits per heavy atom. The third-order valence-corrected chi connectivity index (χ3v) is 5.59. The minimum absolute atomic E-state index is 0.0187. The molecule has 0 radical (unpaired) electrons. The molecule has 0 amide bonds. The van der Waals surface area contributed by atoms with Crippen molar-refractivity contribution in [2.45, 2.75) is 33.0 Å². The van der Waals surface area contributed by atoms with E-state index in [1.165, 1.54) is 6.07 Å². The van der Waals surface area contributed by atoms with Gasteiger partial charge in [-0.15, -0.1) is 0 Å². The molecule has 0 fully saturated rings. The van der Waals surface area contributed by atoms with Crippen molar-refractivity contribution in [1.29, 1.82) is 0 Å². The highest BCUT2D eigenvalue weighted by atomic mass is 31.2. The number of hydrogen-bond donors (Lipinski definition) is 4. The number of anilines is 2. The zero-order valence-corrected chi connectivity index (χ0v) is 14.7. The van der Waals surface area contributed by atoms with Gasteiger partial charge in [0.25, 0.3) is 0 Å². The molecule has 0 unspecified atom stereocenters. The van der Waals surface area contributed by atoms with Gasteiger partial charge in [0.05, 0.1) is 6.61 Å². The van der Waals surface area contributed by atoms with E-state index in [1.807, 2.05) is 0 Å². The zero-order chi connectivity index (χ0) is 17.8. The van der Waals surface area contributed by atoms with Crippen LogP contribution >= 0.6 is 7.60 Å². The molecule has 6 N–H and O–H groups in total. The van der Waals surface area contributed by atoms with E-state index >= 15 is 0 Å². The van der Waals surface area contributed by atoms with Gasteiger partial charge < -0.3 is 30.7 Å². The zero-order valence-electron chi connectivity index (χ0n) is 13.8. The van der Waals surface area contributed by atoms with Gasteiger partial charge in [-0.2, -0.15) is 9.97 Å². The lowest BCUT2D eigenvalue weighted by Crippen LogP contribution is -2.44. The van der Waals surface area contributed by atoms with Gasteiger partial charge in [0.15, 0.2) is 5.34 Å². The molecule has 23 heavy (non-hydrogen) atoms. The van der Waals surface area contributed by atoms with Crippen molar-refractivity contribution >= 4 is 19.4 Å². The molecule has 0 atom stereocenters. The van der Waals surface area contributed by atoms with Gasteiger partial charge >= 0.3 is 7.60 Å². The van der Waals surface area contributed by atoms with E-state index in [-0.39, 0.29) is 42.7 Å². The molecular weight excluding hydrogens is 323 g/mol. The van der Waals surface area contributed by atoms with E-state index in [9.17, 15) is 14.4 Å². The van der Waals surface area contributed by atoms with Crippen LogP contribution in [0.4, 0.5) is 11.8 Å². The predicted octanol–water partition coefficient (Wildman–Crippen LogP) is 1.22. The molecule has 0 spiro atoms. The van der Waals surface area contributed by atoms with Crippen LogP contribution < -0.4 is 16.2 Å². The molecule has 132 valence electrons. The lowest BCUT2D eigenvalue weighted by molar-refractivity contribution is -0.0701. The van der Waals surface area contributed by atoms with Crippen LogP contribution in [0.5, 0.6) is 5.88 Å². The van der Waals surface area contributed by atoms with Crippen LogP contribution in [-0.4, -0.2) is 38.3 Å². The van der Waals surface area contributed by atoms with Crippen molar-refractivity contribution in [1.82, 2.24) is 9.97 Å². The summed E-state index contributed by atoms with van der Waals surface area (Å²) in [5.74, 6) is -0.436. The van der Waals surface area contributed by atoms with Crippen LogP contribution in [0.15, 0.2) is 6.07 Å².